The first-order valence-corrected chi connectivity index (χ1v) is 8.77. The molecule has 130 valence electrons. The number of aromatic amines is 1. The first-order valence-electron chi connectivity index (χ1n) is 8.77. The minimum absolute atomic E-state index is 0.0135. The fourth-order valence-electron chi connectivity index (χ4n) is 3.16. The summed E-state index contributed by atoms with van der Waals surface area (Å²) in [5.74, 6) is 0.888. The lowest BCUT2D eigenvalue weighted by atomic mass is 10.2. The van der Waals surface area contributed by atoms with E-state index in [0.29, 0.717) is 18.3 Å². The molecule has 0 radical (unpaired) electrons. The van der Waals surface area contributed by atoms with E-state index in [0.717, 1.165) is 36.2 Å². The Labute approximate surface area is 143 Å². The Hall–Kier alpha value is -2.01. The van der Waals surface area contributed by atoms with Crippen LogP contribution >= 0.6 is 0 Å². The minimum Gasteiger partial charge on any atom is -0.489 e. The molecule has 1 N–H and O–H groups in total. The van der Waals surface area contributed by atoms with Crippen LogP contribution in [0.5, 0.6) is 5.75 Å². The predicted molar refractivity (Wildman–Crippen MR) is 96.7 cm³/mol. The third-order valence-electron chi connectivity index (χ3n) is 4.85. The maximum Gasteiger partial charge on any atom is 0.270 e. The second kappa shape index (κ2) is 6.85. The van der Waals surface area contributed by atoms with Crippen molar-refractivity contribution in [2.75, 3.05) is 26.7 Å². The molecular formula is C19H27N3O2. The number of carbonyl (C=O) groups excluding carboxylic acids is 1. The maximum atomic E-state index is 12.3. The standard InChI is InChI=1S/C19H27N3O2/c1-5-21(4)19(23)18-11-14-10-15(6-7-17(14)20-18)24-16-8-9-22(12-16)13(2)3/h6-7,10-11,13,16,20H,5,8-9,12H2,1-4H3. The molecule has 1 aromatic carbocycles. The molecule has 0 spiro atoms. The molecular weight excluding hydrogens is 302 g/mol. The SMILES string of the molecule is CCN(C)C(=O)c1cc2cc(OC3CCN(C(C)C)C3)ccc2[nH]1. The minimum atomic E-state index is 0.0135. The molecule has 1 amide bonds. The number of ether oxygens (including phenoxy) is 1. The van der Waals surface area contributed by atoms with Gasteiger partial charge in [-0.15, -0.1) is 0 Å². The number of H-pyrrole nitrogens is 1. The lowest BCUT2D eigenvalue weighted by Crippen LogP contribution is -2.30. The number of hydrogen-bond donors (Lipinski definition) is 1. The summed E-state index contributed by atoms with van der Waals surface area (Å²) in [5, 5.41) is 1.01. The lowest BCUT2D eigenvalue weighted by Gasteiger charge is -2.20. The summed E-state index contributed by atoms with van der Waals surface area (Å²) >= 11 is 0. The van der Waals surface area contributed by atoms with Crippen molar-refractivity contribution in [1.29, 1.82) is 0 Å². The Kier molecular flexibility index (Phi) is 4.81. The number of hydrogen-bond acceptors (Lipinski definition) is 3. The van der Waals surface area contributed by atoms with E-state index in [9.17, 15) is 4.79 Å². The Bertz CT molecular complexity index is 722. The fourth-order valence-corrected chi connectivity index (χ4v) is 3.16. The lowest BCUT2D eigenvalue weighted by molar-refractivity contribution is 0.0797. The average molecular weight is 329 g/mol. The number of likely N-dealkylation sites (tertiary alicyclic amines) is 1. The molecule has 1 unspecified atom stereocenters. The second-order valence-electron chi connectivity index (χ2n) is 6.87. The highest BCUT2D eigenvalue weighted by atomic mass is 16.5. The van der Waals surface area contributed by atoms with Gasteiger partial charge in [0.15, 0.2) is 0 Å². The molecule has 1 aliphatic heterocycles. The van der Waals surface area contributed by atoms with Crippen LogP contribution in [0.3, 0.4) is 0 Å². The van der Waals surface area contributed by atoms with Crippen LogP contribution in [0.1, 0.15) is 37.7 Å². The highest BCUT2D eigenvalue weighted by molar-refractivity contribution is 5.98. The molecule has 1 aromatic heterocycles. The largest absolute Gasteiger partial charge is 0.489 e. The van der Waals surface area contributed by atoms with Gasteiger partial charge in [0.1, 0.15) is 17.5 Å². The first-order chi connectivity index (χ1) is 11.5. The average Bonchev–Trinajstić information content (AvgIpc) is 3.19. The molecule has 0 saturated carbocycles. The first kappa shape index (κ1) is 16.8. The van der Waals surface area contributed by atoms with Crippen LogP contribution in [0.4, 0.5) is 0 Å². The Morgan fingerprint density at radius 2 is 2.21 bits per heavy atom. The number of rotatable bonds is 5. The van der Waals surface area contributed by atoms with Gasteiger partial charge in [-0.25, -0.2) is 0 Å². The number of nitrogens with one attached hydrogen (secondary N) is 1. The van der Waals surface area contributed by atoms with Gasteiger partial charge in [-0.3, -0.25) is 9.69 Å². The summed E-state index contributed by atoms with van der Waals surface area (Å²) in [6.07, 6.45) is 1.31. The molecule has 1 saturated heterocycles. The van der Waals surface area contributed by atoms with Gasteiger partial charge in [-0.05, 0) is 51.5 Å². The van der Waals surface area contributed by atoms with Gasteiger partial charge in [0.25, 0.3) is 5.91 Å². The number of amides is 1. The molecule has 1 atom stereocenters. The summed E-state index contributed by atoms with van der Waals surface area (Å²) in [7, 11) is 1.81. The Morgan fingerprint density at radius 3 is 2.88 bits per heavy atom. The van der Waals surface area contributed by atoms with Crippen LogP contribution in [0, 0.1) is 0 Å². The maximum absolute atomic E-state index is 12.3. The third-order valence-corrected chi connectivity index (χ3v) is 4.85. The monoisotopic (exact) mass is 329 g/mol. The zero-order valence-electron chi connectivity index (χ0n) is 15.0. The molecule has 5 heteroatoms. The molecule has 0 bridgehead atoms. The summed E-state index contributed by atoms with van der Waals surface area (Å²) in [5.41, 5.74) is 1.59. The van der Waals surface area contributed by atoms with E-state index in [2.05, 4.69) is 23.7 Å². The second-order valence-corrected chi connectivity index (χ2v) is 6.87. The molecule has 1 fully saturated rings. The van der Waals surface area contributed by atoms with Crippen LogP contribution in [-0.2, 0) is 0 Å². The van der Waals surface area contributed by atoms with E-state index >= 15 is 0 Å². The van der Waals surface area contributed by atoms with E-state index in [-0.39, 0.29) is 12.0 Å². The van der Waals surface area contributed by atoms with Crippen LogP contribution in [0.2, 0.25) is 0 Å². The number of benzene rings is 1. The number of nitrogens with zero attached hydrogens (tertiary/aromatic N) is 2. The van der Waals surface area contributed by atoms with Crippen molar-refractivity contribution >= 4 is 16.8 Å². The zero-order chi connectivity index (χ0) is 17.3. The van der Waals surface area contributed by atoms with Gasteiger partial charge < -0.3 is 14.6 Å². The van der Waals surface area contributed by atoms with Gasteiger partial charge in [0, 0.05) is 43.6 Å². The van der Waals surface area contributed by atoms with Crippen molar-refractivity contribution in [1.82, 2.24) is 14.8 Å². The Balaban J connectivity index is 1.73. The molecule has 1 aliphatic rings. The quantitative estimate of drug-likeness (QED) is 0.917. The predicted octanol–water partition coefficient (Wildman–Crippen LogP) is 3.12. The van der Waals surface area contributed by atoms with Crippen molar-refractivity contribution in [2.24, 2.45) is 0 Å². The van der Waals surface area contributed by atoms with E-state index < -0.39 is 0 Å². The van der Waals surface area contributed by atoms with Crippen molar-refractivity contribution in [3.05, 3.63) is 30.0 Å². The summed E-state index contributed by atoms with van der Waals surface area (Å²) in [6.45, 7) is 9.18. The topological polar surface area (TPSA) is 48.6 Å². The van der Waals surface area contributed by atoms with Crippen LogP contribution in [0.25, 0.3) is 10.9 Å². The molecule has 5 nitrogen and oxygen atoms in total. The highest BCUT2D eigenvalue weighted by Crippen LogP contribution is 2.25. The molecule has 0 aliphatic carbocycles. The summed E-state index contributed by atoms with van der Waals surface area (Å²) < 4.78 is 6.15. The fraction of sp³-hybridized carbons (Fsp3) is 0.526. The smallest absolute Gasteiger partial charge is 0.270 e. The van der Waals surface area contributed by atoms with Crippen LogP contribution in [-0.4, -0.2) is 59.5 Å². The summed E-state index contributed by atoms with van der Waals surface area (Å²) in [6, 6.07) is 8.46. The van der Waals surface area contributed by atoms with Gasteiger partial charge in [0.2, 0.25) is 0 Å². The summed E-state index contributed by atoms with van der Waals surface area (Å²) in [4.78, 5) is 19.6. The van der Waals surface area contributed by atoms with Gasteiger partial charge >= 0.3 is 0 Å². The third kappa shape index (κ3) is 3.41. The molecule has 2 heterocycles. The van der Waals surface area contributed by atoms with Crippen molar-refractivity contribution in [2.45, 2.75) is 39.3 Å². The van der Waals surface area contributed by atoms with E-state index in [4.69, 9.17) is 4.74 Å². The van der Waals surface area contributed by atoms with Crippen LogP contribution in [0.15, 0.2) is 24.3 Å². The molecule has 3 rings (SSSR count). The van der Waals surface area contributed by atoms with E-state index in [1.807, 2.05) is 38.2 Å². The number of carbonyl (C=O) groups is 1. The number of aromatic nitrogens is 1. The van der Waals surface area contributed by atoms with E-state index in [1.54, 1.807) is 4.90 Å². The Morgan fingerprint density at radius 1 is 1.42 bits per heavy atom. The number of fused-ring (bicyclic) bond motifs is 1. The molecule has 24 heavy (non-hydrogen) atoms. The molecule has 2 aromatic rings. The van der Waals surface area contributed by atoms with Crippen LogP contribution < -0.4 is 4.74 Å². The van der Waals surface area contributed by atoms with Gasteiger partial charge in [0.05, 0.1) is 0 Å². The van der Waals surface area contributed by atoms with Gasteiger partial charge in [-0.1, -0.05) is 0 Å². The van der Waals surface area contributed by atoms with Gasteiger partial charge in [-0.2, -0.15) is 0 Å². The van der Waals surface area contributed by atoms with Crippen molar-refractivity contribution in [3.63, 3.8) is 0 Å². The van der Waals surface area contributed by atoms with Crippen molar-refractivity contribution < 1.29 is 9.53 Å². The van der Waals surface area contributed by atoms with E-state index in [1.165, 1.54) is 0 Å². The normalized spacial score (nSPS) is 18.5. The highest BCUT2D eigenvalue weighted by Gasteiger charge is 2.25. The van der Waals surface area contributed by atoms with Crippen molar-refractivity contribution in [3.8, 4) is 5.75 Å². The zero-order valence-corrected chi connectivity index (χ0v) is 15.0.